The summed E-state index contributed by atoms with van der Waals surface area (Å²) in [5.41, 5.74) is 0. The fraction of sp³-hybridized carbons (Fsp3) is 0.538. The third-order valence-electron chi connectivity index (χ3n) is 3.11. The average Bonchev–Trinajstić information content (AvgIpc) is 2.89. The maximum atomic E-state index is 11.9. The summed E-state index contributed by atoms with van der Waals surface area (Å²) in [6.45, 7) is 1.11. The largest absolute Gasteiger partial charge is 0.391 e. The van der Waals surface area contributed by atoms with Gasteiger partial charge in [-0.1, -0.05) is 6.07 Å². The highest BCUT2D eigenvalue weighted by atomic mass is 32.1. The Labute approximate surface area is 110 Å². The predicted molar refractivity (Wildman–Crippen MR) is 69.7 cm³/mol. The van der Waals surface area contributed by atoms with Gasteiger partial charge in [0, 0.05) is 25.9 Å². The van der Waals surface area contributed by atoms with Gasteiger partial charge < -0.3 is 10.0 Å². The number of rotatable bonds is 4. The summed E-state index contributed by atoms with van der Waals surface area (Å²) in [6, 6.07) is 3.61. The van der Waals surface area contributed by atoms with Crippen LogP contribution in [-0.2, 0) is 4.79 Å². The van der Waals surface area contributed by atoms with E-state index in [-0.39, 0.29) is 24.5 Å². The monoisotopic (exact) mass is 267 g/mol. The fourth-order valence-electron chi connectivity index (χ4n) is 2.12. The summed E-state index contributed by atoms with van der Waals surface area (Å²) in [4.78, 5) is 26.0. The summed E-state index contributed by atoms with van der Waals surface area (Å²) < 4.78 is 0. The maximum absolute atomic E-state index is 11.9. The number of carbonyl (C=O) groups excluding carboxylic acids is 2. The lowest BCUT2D eigenvalue weighted by molar-refractivity contribution is -0.134. The SMILES string of the molecule is O=C(CCC(=O)N1CCCC(O)C1)c1cccs1. The van der Waals surface area contributed by atoms with Crippen LogP contribution in [0, 0.1) is 0 Å². The Hall–Kier alpha value is -1.20. The van der Waals surface area contributed by atoms with E-state index in [0.29, 0.717) is 18.0 Å². The molecule has 1 aliphatic heterocycles. The molecule has 0 saturated carbocycles. The molecular weight excluding hydrogens is 250 g/mol. The maximum Gasteiger partial charge on any atom is 0.223 e. The van der Waals surface area contributed by atoms with Gasteiger partial charge in [-0.15, -0.1) is 11.3 Å². The van der Waals surface area contributed by atoms with Gasteiger partial charge >= 0.3 is 0 Å². The average molecular weight is 267 g/mol. The number of amides is 1. The van der Waals surface area contributed by atoms with Gasteiger partial charge in [-0.05, 0) is 24.3 Å². The van der Waals surface area contributed by atoms with Crippen LogP contribution in [0.3, 0.4) is 0 Å². The van der Waals surface area contributed by atoms with Gasteiger partial charge in [-0.25, -0.2) is 0 Å². The first-order valence-electron chi connectivity index (χ1n) is 6.19. The summed E-state index contributed by atoms with van der Waals surface area (Å²) in [7, 11) is 0. The number of hydrogen-bond acceptors (Lipinski definition) is 4. The van der Waals surface area contributed by atoms with Gasteiger partial charge in [0.25, 0.3) is 0 Å². The summed E-state index contributed by atoms with van der Waals surface area (Å²) in [5, 5.41) is 11.4. The van der Waals surface area contributed by atoms with Crippen molar-refractivity contribution in [1.82, 2.24) is 4.90 Å². The molecule has 1 aromatic heterocycles. The van der Waals surface area contributed by atoms with E-state index in [9.17, 15) is 14.7 Å². The molecule has 18 heavy (non-hydrogen) atoms. The minimum atomic E-state index is -0.407. The molecule has 1 N–H and O–H groups in total. The molecule has 0 spiro atoms. The number of hydrogen-bond donors (Lipinski definition) is 1. The number of likely N-dealkylation sites (tertiary alicyclic amines) is 1. The second-order valence-corrected chi connectivity index (χ2v) is 5.48. The Balaban J connectivity index is 1.79. The van der Waals surface area contributed by atoms with Crippen LogP contribution >= 0.6 is 11.3 Å². The van der Waals surface area contributed by atoms with Crippen LogP contribution in [0.2, 0.25) is 0 Å². The normalized spacial score (nSPS) is 19.8. The Bertz CT molecular complexity index is 416. The molecule has 0 aliphatic carbocycles. The lowest BCUT2D eigenvalue weighted by Crippen LogP contribution is -2.42. The highest BCUT2D eigenvalue weighted by Crippen LogP contribution is 2.15. The first kappa shape index (κ1) is 13.2. The van der Waals surface area contributed by atoms with Crippen LogP contribution in [-0.4, -0.2) is 40.9 Å². The quantitative estimate of drug-likeness (QED) is 0.845. The van der Waals surface area contributed by atoms with Crippen molar-refractivity contribution in [2.75, 3.05) is 13.1 Å². The van der Waals surface area contributed by atoms with Crippen molar-refractivity contribution in [1.29, 1.82) is 0 Å². The number of ketones is 1. The lowest BCUT2D eigenvalue weighted by Gasteiger charge is -2.30. The molecule has 1 unspecified atom stereocenters. The molecule has 0 aromatic carbocycles. The van der Waals surface area contributed by atoms with Gasteiger partial charge in [-0.3, -0.25) is 9.59 Å². The number of carbonyl (C=O) groups is 2. The number of β-amino-alcohol motifs (C(OH)–C–C–N with tert-alkyl or cyclic N) is 1. The van der Waals surface area contributed by atoms with E-state index in [2.05, 4.69) is 0 Å². The zero-order chi connectivity index (χ0) is 13.0. The molecule has 1 fully saturated rings. The summed E-state index contributed by atoms with van der Waals surface area (Å²) in [5.74, 6) is -0.00503. The van der Waals surface area contributed by atoms with Gasteiger partial charge in [0.1, 0.15) is 0 Å². The van der Waals surface area contributed by atoms with Gasteiger partial charge in [0.2, 0.25) is 5.91 Å². The number of aliphatic hydroxyl groups is 1. The van der Waals surface area contributed by atoms with Gasteiger partial charge in [-0.2, -0.15) is 0 Å². The lowest BCUT2D eigenvalue weighted by atomic mass is 10.1. The van der Waals surface area contributed by atoms with Crippen molar-refractivity contribution in [2.45, 2.75) is 31.8 Å². The van der Waals surface area contributed by atoms with Crippen LogP contribution in [0.15, 0.2) is 17.5 Å². The number of nitrogens with zero attached hydrogens (tertiary/aromatic N) is 1. The molecule has 5 heteroatoms. The first-order valence-corrected chi connectivity index (χ1v) is 7.07. The molecule has 1 saturated heterocycles. The predicted octanol–water partition coefficient (Wildman–Crippen LogP) is 1.69. The van der Waals surface area contributed by atoms with E-state index in [0.717, 1.165) is 12.8 Å². The molecule has 1 aromatic rings. The second kappa shape index (κ2) is 6.11. The van der Waals surface area contributed by atoms with Crippen molar-refractivity contribution in [2.24, 2.45) is 0 Å². The number of piperidine rings is 1. The van der Waals surface area contributed by atoms with Crippen molar-refractivity contribution in [3.8, 4) is 0 Å². The van der Waals surface area contributed by atoms with Crippen LogP contribution in [0.4, 0.5) is 0 Å². The van der Waals surface area contributed by atoms with Crippen molar-refractivity contribution in [3.05, 3.63) is 22.4 Å². The molecule has 0 radical (unpaired) electrons. The van der Waals surface area contributed by atoms with E-state index in [1.54, 1.807) is 11.0 Å². The van der Waals surface area contributed by atoms with Gasteiger partial charge in [0.05, 0.1) is 11.0 Å². The molecule has 2 heterocycles. The number of thiophene rings is 1. The minimum Gasteiger partial charge on any atom is -0.391 e. The van der Waals surface area contributed by atoms with Gasteiger partial charge in [0.15, 0.2) is 5.78 Å². The summed E-state index contributed by atoms with van der Waals surface area (Å²) in [6.07, 6.45) is 1.69. The smallest absolute Gasteiger partial charge is 0.223 e. The molecule has 98 valence electrons. The highest BCUT2D eigenvalue weighted by Gasteiger charge is 2.22. The number of Topliss-reactive ketones (excluding diaryl/α,β-unsaturated/α-hetero) is 1. The third kappa shape index (κ3) is 3.40. The highest BCUT2D eigenvalue weighted by molar-refractivity contribution is 7.12. The van der Waals surface area contributed by atoms with E-state index in [4.69, 9.17) is 0 Å². The minimum absolute atomic E-state index is 0.0240. The van der Waals surface area contributed by atoms with Crippen LogP contribution < -0.4 is 0 Å². The second-order valence-electron chi connectivity index (χ2n) is 4.54. The molecular formula is C13H17NO3S. The molecule has 1 amide bonds. The van der Waals surface area contributed by atoms with Crippen LogP contribution in [0.1, 0.15) is 35.4 Å². The van der Waals surface area contributed by atoms with Crippen LogP contribution in [0.5, 0.6) is 0 Å². The molecule has 1 atom stereocenters. The van der Waals surface area contributed by atoms with E-state index in [1.165, 1.54) is 11.3 Å². The van der Waals surface area contributed by atoms with Crippen molar-refractivity contribution < 1.29 is 14.7 Å². The third-order valence-corrected chi connectivity index (χ3v) is 4.02. The fourth-order valence-corrected chi connectivity index (χ4v) is 2.81. The zero-order valence-corrected chi connectivity index (χ0v) is 11.0. The Morgan fingerprint density at radius 2 is 2.28 bits per heavy atom. The molecule has 0 bridgehead atoms. The number of aliphatic hydroxyl groups excluding tert-OH is 1. The van der Waals surface area contributed by atoms with E-state index < -0.39 is 6.10 Å². The standard InChI is InChI=1S/C13H17NO3S/c15-10-3-1-7-14(9-10)13(17)6-5-11(16)12-4-2-8-18-12/h2,4,8,10,15H,1,3,5-7,9H2. The van der Waals surface area contributed by atoms with Crippen LogP contribution in [0.25, 0.3) is 0 Å². The molecule has 1 aliphatic rings. The van der Waals surface area contributed by atoms with Crippen molar-refractivity contribution in [3.63, 3.8) is 0 Å². The molecule has 4 nitrogen and oxygen atoms in total. The first-order chi connectivity index (χ1) is 8.66. The Kier molecular flexibility index (Phi) is 4.49. The van der Waals surface area contributed by atoms with E-state index in [1.807, 2.05) is 11.4 Å². The topological polar surface area (TPSA) is 57.6 Å². The summed E-state index contributed by atoms with van der Waals surface area (Å²) >= 11 is 1.40. The van der Waals surface area contributed by atoms with Crippen molar-refractivity contribution >= 4 is 23.0 Å². The van der Waals surface area contributed by atoms with E-state index >= 15 is 0 Å². The zero-order valence-electron chi connectivity index (χ0n) is 10.2. The Morgan fingerprint density at radius 1 is 1.44 bits per heavy atom. The molecule has 2 rings (SSSR count). The Morgan fingerprint density at radius 3 is 2.94 bits per heavy atom.